The van der Waals surface area contributed by atoms with Gasteiger partial charge in [0.05, 0.1) is 18.7 Å². The standard InChI is InChI=1S/C20H20N2O4/c1-13-17(19(23)25-2)18(22-20(24)21-13)15-10-6-7-11-16(15)26-12-14-8-4-3-5-9-14/h3-11,18H,12H2,1-2H3,(H2,21,22,24)/t18-/m0/s1. The minimum absolute atomic E-state index is 0.350. The van der Waals surface area contributed by atoms with Gasteiger partial charge in [-0.1, -0.05) is 48.5 Å². The highest BCUT2D eigenvalue weighted by Gasteiger charge is 2.33. The number of methoxy groups -OCH3 is 1. The number of hydrogen-bond donors (Lipinski definition) is 2. The van der Waals surface area contributed by atoms with E-state index in [0.717, 1.165) is 5.56 Å². The summed E-state index contributed by atoms with van der Waals surface area (Å²) < 4.78 is 10.8. The maximum atomic E-state index is 12.2. The number of amides is 2. The van der Waals surface area contributed by atoms with E-state index in [4.69, 9.17) is 9.47 Å². The smallest absolute Gasteiger partial charge is 0.337 e. The van der Waals surface area contributed by atoms with Gasteiger partial charge >= 0.3 is 12.0 Å². The number of nitrogens with one attached hydrogen (secondary N) is 2. The lowest BCUT2D eigenvalue weighted by Gasteiger charge is -2.29. The number of rotatable bonds is 5. The summed E-state index contributed by atoms with van der Waals surface area (Å²) in [6, 6.07) is 16.1. The largest absolute Gasteiger partial charge is 0.489 e. The summed E-state index contributed by atoms with van der Waals surface area (Å²) in [4.78, 5) is 24.2. The first-order chi connectivity index (χ1) is 12.6. The van der Waals surface area contributed by atoms with Crippen LogP contribution in [0.4, 0.5) is 4.79 Å². The highest BCUT2D eigenvalue weighted by molar-refractivity contribution is 5.95. The molecule has 1 aliphatic heterocycles. The van der Waals surface area contributed by atoms with E-state index in [2.05, 4.69) is 10.6 Å². The Morgan fingerprint density at radius 3 is 2.50 bits per heavy atom. The highest BCUT2D eigenvalue weighted by atomic mass is 16.5. The van der Waals surface area contributed by atoms with E-state index < -0.39 is 12.0 Å². The van der Waals surface area contributed by atoms with Gasteiger partial charge in [0.15, 0.2) is 0 Å². The van der Waals surface area contributed by atoms with Crippen molar-refractivity contribution in [2.45, 2.75) is 19.6 Å². The molecule has 2 amide bonds. The lowest BCUT2D eigenvalue weighted by atomic mass is 9.95. The second kappa shape index (κ2) is 7.74. The third-order valence-electron chi connectivity index (χ3n) is 4.14. The number of hydrogen-bond acceptors (Lipinski definition) is 4. The van der Waals surface area contributed by atoms with Crippen molar-refractivity contribution in [2.24, 2.45) is 0 Å². The summed E-state index contributed by atoms with van der Waals surface area (Å²) in [5.41, 5.74) is 2.53. The molecule has 0 aromatic heterocycles. The van der Waals surface area contributed by atoms with Crippen molar-refractivity contribution in [1.29, 1.82) is 0 Å². The van der Waals surface area contributed by atoms with Crippen LogP contribution in [-0.2, 0) is 16.1 Å². The predicted octanol–water partition coefficient (Wildman–Crippen LogP) is 3.07. The van der Waals surface area contributed by atoms with Gasteiger partial charge in [-0.15, -0.1) is 0 Å². The molecule has 1 atom stereocenters. The number of carbonyl (C=O) groups excluding carboxylic acids is 2. The predicted molar refractivity (Wildman–Crippen MR) is 96.3 cm³/mol. The van der Waals surface area contributed by atoms with E-state index in [0.29, 0.717) is 29.2 Å². The van der Waals surface area contributed by atoms with E-state index in [9.17, 15) is 9.59 Å². The number of carbonyl (C=O) groups is 2. The van der Waals surface area contributed by atoms with Crippen molar-refractivity contribution in [1.82, 2.24) is 10.6 Å². The Balaban J connectivity index is 1.93. The molecule has 134 valence electrons. The number of para-hydroxylation sites is 1. The molecular formula is C20H20N2O4. The van der Waals surface area contributed by atoms with Gasteiger partial charge in [-0.3, -0.25) is 0 Å². The molecule has 2 aromatic rings. The van der Waals surface area contributed by atoms with Crippen molar-refractivity contribution in [3.8, 4) is 5.75 Å². The molecule has 0 bridgehead atoms. The molecule has 0 fully saturated rings. The molecule has 6 heteroatoms. The summed E-state index contributed by atoms with van der Waals surface area (Å²) in [6.07, 6.45) is 0. The van der Waals surface area contributed by atoms with E-state index in [-0.39, 0.29) is 6.03 Å². The zero-order valence-electron chi connectivity index (χ0n) is 14.6. The average Bonchev–Trinajstić information content (AvgIpc) is 2.66. The first-order valence-corrected chi connectivity index (χ1v) is 8.22. The number of esters is 1. The van der Waals surface area contributed by atoms with Gasteiger partial charge in [0.25, 0.3) is 0 Å². The summed E-state index contributed by atoms with van der Waals surface area (Å²) >= 11 is 0. The molecule has 0 radical (unpaired) electrons. The van der Waals surface area contributed by atoms with Crippen LogP contribution >= 0.6 is 0 Å². The van der Waals surface area contributed by atoms with E-state index in [1.54, 1.807) is 6.92 Å². The molecule has 0 saturated heterocycles. The summed E-state index contributed by atoms with van der Waals surface area (Å²) in [5, 5.41) is 5.39. The maximum Gasteiger partial charge on any atom is 0.337 e. The first-order valence-electron chi connectivity index (χ1n) is 8.22. The molecule has 0 saturated carbocycles. The highest BCUT2D eigenvalue weighted by Crippen LogP contribution is 2.33. The Bertz CT molecular complexity index is 846. The normalized spacial score (nSPS) is 16.5. The van der Waals surface area contributed by atoms with Crippen LogP contribution in [0.15, 0.2) is 65.9 Å². The summed E-state index contributed by atoms with van der Waals surface area (Å²) in [6.45, 7) is 2.05. The Kier molecular flexibility index (Phi) is 5.22. The van der Waals surface area contributed by atoms with Crippen molar-refractivity contribution in [3.05, 3.63) is 77.0 Å². The first kappa shape index (κ1) is 17.5. The molecule has 1 aliphatic rings. The topological polar surface area (TPSA) is 76.7 Å². The molecular weight excluding hydrogens is 332 g/mol. The number of urea groups is 1. The monoisotopic (exact) mass is 352 g/mol. The Morgan fingerprint density at radius 1 is 1.08 bits per heavy atom. The molecule has 1 heterocycles. The van der Waals surface area contributed by atoms with Crippen LogP contribution in [0.1, 0.15) is 24.1 Å². The van der Waals surface area contributed by atoms with Crippen LogP contribution < -0.4 is 15.4 Å². The fraction of sp³-hybridized carbons (Fsp3) is 0.200. The molecule has 6 nitrogen and oxygen atoms in total. The number of benzene rings is 2. The maximum absolute atomic E-state index is 12.2. The zero-order chi connectivity index (χ0) is 18.5. The summed E-state index contributed by atoms with van der Waals surface area (Å²) in [5.74, 6) is 0.0932. The van der Waals surface area contributed by atoms with Crippen LogP contribution in [0.5, 0.6) is 5.75 Å². The van der Waals surface area contributed by atoms with Crippen molar-refractivity contribution in [3.63, 3.8) is 0 Å². The third kappa shape index (κ3) is 3.69. The van der Waals surface area contributed by atoms with Gasteiger partial charge in [-0.05, 0) is 18.6 Å². The quantitative estimate of drug-likeness (QED) is 0.811. The molecule has 0 aliphatic carbocycles. The number of allylic oxidation sites excluding steroid dienone is 1. The molecule has 2 N–H and O–H groups in total. The van der Waals surface area contributed by atoms with Crippen molar-refractivity contribution >= 4 is 12.0 Å². The van der Waals surface area contributed by atoms with E-state index in [1.165, 1.54) is 7.11 Å². The van der Waals surface area contributed by atoms with Gasteiger partial charge in [-0.2, -0.15) is 0 Å². The molecule has 3 rings (SSSR count). The Hall–Kier alpha value is -3.28. The SMILES string of the molecule is COC(=O)C1=C(C)NC(=O)N[C@H]1c1ccccc1OCc1ccccc1. The van der Waals surface area contributed by atoms with Gasteiger partial charge < -0.3 is 20.1 Å². The van der Waals surface area contributed by atoms with Gasteiger partial charge in [0.2, 0.25) is 0 Å². The lowest BCUT2D eigenvalue weighted by Crippen LogP contribution is -2.45. The van der Waals surface area contributed by atoms with Crippen molar-refractivity contribution < 1.29 is 19.1 Å². The van der Waals surface area contributed by atoms with Crippen LogP contribution in [0.3, 0.4) is 0 Å². The minimum atomic E-state index is -0.650. The molecule has 2 aromatic carbocycles. The second-order valence-corrected chi connectivity index (χ2v) is 5.87. The molecule has 26 heavy (non-hydrogen) atoms. The van der Waals surface area contributed by atoms with Crippen LogP contribution in [-0.4, -0.2) is 19.1 Å². The van der Waals surface area contributed by atoms with E-state index in [1.807, 2.05) is 54.6 Å². The fourth-order valence-corrected chi connectivity index (χ4v) is 2.89. The Labute approximate surface area is 151 Å². The van der Waals surface area contributed by atoms with E-state index >= 15 is 0 Å². The lowest BCUT2D eigenvalue weighted by molar-refractivity contribution is -0.136. The van der Waals surface area contributed by atoms with Gasteiger partial charge in [0, 0.05) is 11.3 Å². The van der Waals surface area contributed by atoms with Gasteiger partial charge in [-0.25, -0.2) is 9.59 Å². The van der Waals surface area contributed by atoms with Gasteiger partial charge in [0.1, 0.15) is 12.4 Å². The van der Waals surface area contributed by atoms with Crippen LogP contribution in [0.2, 0.25) is 0 Å². The number of ether oxygens (including phenoxy) is 2. The van der Waals surface area contributed by atoms with Crippen LogP contribution in [0, 0.1) is 0 Å². The summed E-state index contributed by atoms with van der Waals surface area (Å²) in [7, 11) is 1.31. The fourth-order valence-electron chi connectivity index (χ4n) is 2.89. The average molecular weight is 352 g/mol. The Morgan fingerprint density at radius 2 is 1.77 bits per heavy atom. The van der Waals surface area contributed by atoms with Crippen LogP contribution in [0.25, 0.3) is 0 Å². The van der Waals surface area contributed by atoms with Crippen molar-refractivity contribution in [2.75, 3.05) is 7.11 Å². The third-order valence-corrected chi connectivity index (χ3v) is 4.14. The molecule has 0 spiro atoms. The minimum Gasteiger partial charge on any atom is -0.489 e. The molecule has 0 unspecified atom stereocenters. The second-order valence-electron chi connectivity index (χ2n) is 5.87. The zero-order valence-corrected chi connectivity index (χ0v) is 14.6.